The van der Waals surface area contributed by atoms with Crippen LogP contribution in [0.5, 0.6) is 0 Å². The smallest absolute Gasteiger partial charge is 0.318 e. The zero-order valence-electron chi connectivity index (χ0n) is 19.4. The van der Waals surface area contributed by atoms with Crippen molar-refractivity contribution in [2.45, 2.75) is 45.6 Å². The minimum atomic E-state index is -0.927. The average molecular weight is 525 g/mol. The van der Waals surface area contributed by atoms with E-state index in [1.54, 1.807) is 30.0 Å². The highest BCUT2D eigenvalue weighted by molar-refractivity contribution is 7.99. The van der Waals surface area contributed by atoms with Gasteiger partial charge in [-0.2, -0.15) is 11.8 Å². The van der Waals surface area contributed by atoms with Gasteiger partial charge in [0.1, 0.15) is 5.41 Å². The first kappa shape index (κ1) is 25.4. The van der Waals surface area contributed by atoms with E-state index < -0.39 is 11.3 Å². The molecule has 6 nitrogen and oxygen atoms in total. The second-order valence-corrected chi connectivity index (χ2v) is 11.1. The van der Waals surface area contributed by atoms with Crippen molar-refractivity contribution in [1.82, 2.24) is 9.80 Å². The van der Waals surface area contributed by atoms with Gasteiger partial charge in [-0.05, 0) is 50.3 Å². The summed E-state index contributed by atoms with van der Waals surface area (Å²) in [7, 11) is 0. The van der Waals surface area contributed by atoms with Crippen LogP contribution >= 0.6 is 35.0 Å². The normalized spacial score (nSPS) is 25.0. The van der Waals surface area contributed by atoms with E-state index in [0.717, 1.165) is 29.9 Å². The van der Waals surface area contributed by atoms with Gasteiger partial charge in [-0.15, -0.1) is 0 Å². The molecule has 1 aliphatic carbocycles. The van der Waals surface area contributed by atoms with Gasteiger partial charge in [0.05, 0.1) is 13.2 Å². The van der Waals surface area contributed by atoms with E-state index in [1.807, 2.05) is 22.7 Å². The Morgan fingerprint density at radius 1 is 1.24 bits per heavy atom. The summed E-state index contributed by atoms with van der Waals surface area (Å²) < 4.78 is 5.53. The third kappa shape index (κ3) is 5.12. The van der Waals surface area contributed by atoms with E-state index in [-0.39, 0.29) is 37.4 Å². The quantitative estimate of drug-likeness (QED) is 0.493. The maximum Gasteiger partial charge on any atom is 0.318 e. The highest BCUT2D eigenvalue weighted by atomic mass is 35.5. The Balaban J connectivity index is 1.68. The van der Waals surface area contributed by atoms with Crippen LogP contribution in [0.15, 0.2) is 30.0 Å². The molecule has 184 valence electrons. The number of likely N-dealkylation sites (tertiary alicyclic amines) is 1. The van der Waals surface area contributed by atoms with E-state index in [9.17, 15) is 14.4 Å². The van der Waals surface area contributed by atoms with Crippen molar-refractivity contribution in [1.29, 1.82) is 0 Å². The highest BCUT2D eigenvalue weighted by Crippen LogP contribution is 2.50. The fourth-order valence-electron chi connectivity index (χ4n) is 5.24. The lowest BCUT2D eigenvalue weighted by molar-refractivity contribution is -0.163. The molecule has 2 aliphatic heterocycles. The zero-order valence-corrected chi connectivity index (χ0v) is 21.7. The van der Waals surface area contributed by atoms with Crippen molar-refractivity contribution < 1.29 is 19.1 Å². The highest BCUT2D eigenvalue weighted by Gasteiger charge is 2.54. The van der Waals surface area contributed by atoms with Crippen LogP contribution in [0.2, 0.25) is 10.0 Å². The van der Waals surface area contributed by atoms with Crippen LogP contribution in [0.4, 0.5) is 0 Å². The molecule has 0 spiro atoms. The number of thioether (sulfide) groups is 1. The third-order valence-electron chi connectivity index (χ3n) is 6.93. The average Bonchev–Trinajstić information content (AvgIpc) is 2.83. The van der Waals surface area contributed by atoms with Gasteiger partial charge in [0.25, 0.3) is 0 Å². The van der Waals surface area contributed by atoms with Gasteiger partial charge in [-0.25, -0.2) is 0 Å². The zero-order chi connectivity index (χ0) is 24.3. The first-order valence-corrected chi connectivity index (χ1v) is 13.8. The van der Waals surface area contributed by atoms with Crippen LogP contribution in [0, 0.1) is 11.3 Å². The fraction of sp³-hybridized carbons (Fsp3) is 0.560. The fourth-order valence-corrected chi connectivity index (χ4v) is 6.61. The predicted molar refractivity (Wildman–Crippen MR) is 135 cm³/mol. The minimum Gasteiger partial charge on any atom is -0.465 e. The van der Waals surface area contributed by atoms with Gasteiger partial charge in [-0.1, -0.05) is 35.3 Å². The number of hydrogen-bond acceptors (Lipinski definition) is 5. The van der Waals surface area contributed by atoms with Crippen molar-refractivity contribution in [3.63, 3.8) is 0 Å². The van der Waals surface area contributed by atoms with E-state index in [0.29, 0.717) is 41.7 Å². The monoisotopic (exact) mass is 524 g/mol. The number of carbonyl (C=O) groups is 3. The van der Waals surface area contributed by atoms with Gasteiger partial charge in [0, 0.05) is 52.7 Å². The van der Waals surface area contributed by atoms with E-state index in [1.165, 1.54) is 0 Å². The second kappa shape index (κ2) is 10.9. The summed E-state index contributed by atoms with van der Waals surface area (Å²) in [5, 5.41) is 0.974. The molecule has 2 heterocycles. The maximum absolute atomic E-state index is 13.8. The van der Waals surface area contributed by atoms with Crippen LogP contribution in [0.1, 0.15) is 44.6 Å². The Hall–Kier alpha value is -1.70. The molecule has 0 bridgehead atoms. The predicted octanol–water partition coefficient (Wildman–Crippen LogP) is 4.92. The summed E-state index contributed by atoms with van der Waals surface area (Å²) >= 11 is 14.3. The number of benzene rings is 1. The molecule has 2 amide bonds. The van der Waals surface area contributed by atoms with Gasteiger partial charge in [0.2, 0.25) is 11.8 Å². The second-order valence-electron chi connectivity index (χ2n) is 9.04. The number of nitrogens with zero attached hydrogens (tertiary/aromatic N) is 2. The van der Waals surface area contributed by atoms with Crippen molar-refractivity contribution in [3.05, 3.63) is 45.6 Å². The Kier molecular flexibility index (Phi) is 8.16. The molecule has 1 aromatic rings. The number of ether oxygens (including phenoxy) is 1. The van der Waals surface area contributed by atoms with Gasteiger partial charge >= 0.3 is 5.97 Å². The van der Waals surface area contributed by atoms with E-state index in [4.69, 9.17) is 27.9 Å². The number of piperidine rings is 1. The molecule has 0 aromatic heterocycles. The minimum absolute atomic E-state index is 0.0228. The third-order valence-corrected chi connectivity index (χ3v) is 8.46. The molecule has 0 radical (unpaired) electrons. The molecule has 4 rings (SSSR count). The summed E-state index contributed by atoms with van der Waals surface area (Å²) in [6, 6.07) is 5.18. The Bertz CT molecular complexity index is 995. The van der Waals surface area contributed by atoms with Gasteiger partial charge < -0.3 is 14.5 Å². The molecule has 2 atom stereocenters. The molecule has 1 aromatic carbocycles. The number of fused-ring (bicyclic) bond motifs is 1. The SMILES string of the molecule is CCOC(=O)[C@]12CCCC=C1N(Cc1ccc(Cl)cc1Cl)C(=O)[C@H](CC(=O)N1CCSCC1)C2. The molecule has 34 heavy (non-hydrogen) atoms. The number of amides is 2. The summed E-state index contributed by atoms with van der Waals surface area (Å²) in [5.74, 6) is 0.751. The van der Waals surface area contributed by atoms with Crippen LogP contribution in [0.25, 0.3) is 0 Å². The standard InChI is InChI=1S/C25H30Cl2N2O4S/c1-2-33-24(32)25-8-4-3-5-21(25)29(16-17-6-7-19(26)14-20(17)27)23(31)18(15-25)13-22(30)28-9-11-34-12-10-28/h5-7,14,18H,2-4,8-13,15-16H2,1H3/t18-,25+/m1/s1. The van der Waals surface area contributed by atoms with Crippen LogP contribution in [-0.2, 0) is 25.7 Å². The molecule has 2 saturated heterocycles. The summed E-state index contributed by atoms with van der Waals surface area (Å²) in [5.41, 5.74) is 0.499. The van der Waals surface area contributed by atoms with Crippen LogP contribution < -0.4 is 0 Å². The first-order valence-electron chi connectivity index (χ1n) is 11.8. The molecular formula is C25H30Cl2N2O4S. The summed E-state index contributed by atoms with van der Waals surface area (Å²) in [6.07, 6.45) is 4.60. The van der Waals surface area contributed by atoms with Crippen molar-refractivity contribution in [3.8, 4) is 0 Å². The van der Waals surface area contributed by atoms with Crippen LogP contribution in [-0.4, -0.2) is 58.8 Å². The van der Waals surface area contributed by atoms with Gasteiger partial charge in [-0.3, -0.25) is 14.4 Å². The topological polar surface area (TPSA) is 66.9 Å². The number of esters is 1. The molecular weight excluding hydrogens is 495 g/mol. The molecule has 3 aliphatic rings. The number of halogens is 2. The van der Waals surface area contributed by atoms with E-state index in [2.05, 4.69) is 0 Å². The molecule has 0 saturated carbocycles. The van der Waals surface area contributed by atoms with E-state index >= 15 is 0 Å². The van der Waals surface area contributed by atoms with Crippen molar-refractivity contribution >= 4 is 52.7 Å². The number of allylic oxidation sites excluding steroid dienone is 1. The van der Waals surface area contributed by atoms with Gasteiger partial charge in [0.15, 0.2) is 0 Å². The summed E-state index contributed by atoms with van der Waals surface area (Å²) in [4.78, 5) is 43.8. The maximum atomic E-state index is 13.8. The lowest BCUT2D eigenvalue weighted by Crippen LogP contribution is -2.54. The number of hydrogen-bond donors (Lipinski definition) is 0. The lowest BCUT2D eigenvalue weighted by atomic mass is 9.66. The Morgan fingerprint density at radius 3 is 2.71 bits per heavy atom. The molecule has 2 fully saturated rings. The molecule has 0 unspecified atom stereocenters. The molecule has 9 heteroatoms. The van der Waals surface area contributed by atoms with Crippen molar-refractivity contribution in [2.24, 2.45) is 11.3 Å². The van der Waals surface area contributed by atoms with Crippen molar-refractivity contribution in [2.75, 3.05) is 31.2 Å². The summed E-state index contributed by atoms with van der Waals surface area (Å²) in [6.45, 7) is 3.66. The Morgan fingerprint density at radius 2 is 2.00 bits per heavy atom. The largest absolute Gasteiger partial charge is 0.465 e. The first-order chi connectivity index (χ1) is 16.4. The van der Waals surface area contributed by atoms with Crippen LogP contribution in [0.3, 0.4) is 0 Å². The molecule has 0 N–H and O–H groups in total. The lowest BCUT2D eigenvalue weighted by Gasteiger charge is -2.48. The number of carbonyl (C=O) groups excluding carboxylic acids is 3. The number of rotatable bonds is 6. The Labute approximate surface area is 215 Å².